The molecule has 5 nitrogen and oxygen atoms in total. The molecule has 1 aliphatic heterocycles. The molecule has 5 heteroatoms. The highest BCUT2D eigenvalue weighted by atomic mass is 16.5. The number of benzene rings is 1. The zero-order chi connectivity index (χ0) is 14.5. The van der Waals surface area contributed by atoms with Crippen molar-refractivity contribution in [3.8, 4) is 5.75 Å². The van der Waals surface area contributed by atoms with E-state index in [1.165, 1.54) is 5.69 Å². The van der Waals surface area contributed by atoms with Crippen molar-refractivity contribution in [2.24, 2.45) is 5.92 Å². The topological polar surface area (TPSA) is 50.3 Å². The average molecular weight is 284 g/mol. The van der Waals surface area contributed by atoms with Crippen LogP contribution in [0, 0.1) is 5.92 Å². The Morgan fingerprint density at radius 1 is 1.24 bits per heavy atom. The van der Waals surface area contributed by atoms with E-state index in [0.29, 0.717) is 11.9 Å². The lowest BCUT2D eigenvalue weighted by Crippen LogP contribution is -2.23. The smallest absolute Gasteiger partial charge is 0.222 e. The lowest BCUT2D eigenvalue weighted by Gasteiger charge is -2.21. The van der Waals surface area contributed by atoms with Crippen molar-refractivity contribution in [3.05, 3.63) is 42.7 Å². The molecule has 0 spiro atoms. The molecule has 2 heterocycles. The van der Waals surface area contributed by atoms with E-state index >= 15 is 0 Å². The van der Waals surface area contributed by atoms with Crippen molar-refractivity contribution in [1.82, 2.24) is 9.97 Å². The van der Waals surface area contributed by atoms with E-state index in [9.17, 15) is 0 Å². The maximum atomic E-state index is 5.44. The van der Waals surface area contributed by atoms with Crippen molar-refractivity contribution in [1.29, 1.82) is 0 Å². The van der Waals surface area contributed by atoms with E-state index in [0.717, 1.165) is 31.8 Å². The van der Waals surface area contributed by atoms with Gasteiger partial charge in [-0.3, -0.25) is 0 Å². The van der Waals surface area contributed by atoms with Crippen LogP contribution in [0.1, 0.15) is 6.42 Å². The summed E-state index contributed by atoms with van der Waals surface area (Å²) in [4.78, 5) is 10.8. The summed E-state index contributed by atoms with van der Waals surface area (Å²) >= 11 is 0. The fourth-order valence-electron chi connectivity index (χ4n) is 2.74. The molecule has 0 amide bonds. The minimum Gasteiger partial charge on any atom is -0.495 e. The van der Waals surface area contributed by atoms with Crippen LogP contribution in [0.3, 0.4) is 0 Å². The highest BCUT2D eigenvalue weighted by Crippen LogP contribution is 2.31. The predicted octanol–water partition coefficient (Wildman–Crippen LogP) is 2.42. The van der Waals surface area contributed by atoms with Crippen molar-refractivity contribution in [3.63, 3.8) is 0 Å². The van der Waals surface area contributed by atoms with E-state index < -0.39 is 0 Å². The zero-order valence-corrected chi connectivity index (χ0v) is 12.2. The number of methoxy groups -OCH3 is 1. The summed E-state index contributed by atoms with van der Waals surface area (Å²) in [6, 6.07) is 10.0. The maximum Gasteiger partial charge on any atom is 0.222 e. The van der Waals surface area contributed by atoms with Crippen LogP contribution in [0.15, 0.2) is 42.7 Å². The van der Waals surface area contributed by atoms with Crippen LogP contribution in [0.4, 0.5) is 11.6 Å². The lowest BCUT2D eigenvalue weighted by molar-refractivity contribution is 0.414. The average Bonchev–Trinajstić information content (AvgIpc) is 3.02. The summed E-state index contributed by atoms with van der Waals surface area (Å²) in [6.45, 7) is 2.98. The van der Waals surface area contributed by atoms with E-state index in [-0.39, 0.29) is 0 Å². The minimum atomic E-state index is 0.596. The molecule has 1 aromatic heterocycles. The maximum absolute atomic E-state index is 5.44. The van der Waals surface area contributed by atoms with Crippen molar-refractivity contribution in [2.75, 3.05) is 37.0 Å². The summed E-state index contributed by atoms with van der Waals surface area (Å²) in [7, 11) is 1.72. The number of rotatable bonds is 5. The third-order valence-electron chi connectivity index (χ3n) is 3.83. The van der Waals surface area contributed by atoms with Crippen LogP contribution in [-0.4, -0.2) is 36.7 Å². The molecule has 110 valence electrons. The normalized spacial score (nSPS) is 17.8. The van der Waals surface area contributed by atoms with Gasteiger partial charge in [-0.05, 0) is 30.5 Å². The molecule has 0 radical (unpaired) electrons. The van der Waals surface area contributed by atoms with E-state index in [2.05, 4.69) is 32.3 Å². The molecule has 2 aromatic rings. The van der Waals surface area contributed by atoms with Crippen LogP contribution in [-0.2, 0) is 0 Å². The summed E-state index contributed by atoms with van der Waals surface area (Å²) in [5.74, 6) is 2.24. The number of nitrogens with zero attached hydrogens (tertiary/aromatic N) is 3. The Kier molecular flexibility index (Phi) is 4.19. The number of hydrogen-bond acceptors (Lipinski definition) is 5. The molecular formula is C16H20N4O. The fraction of sp³-hybridized carbons (Fsp3) is 0.375. The van der Waals surface area contributed by atoms with Gasteiger partial charge in [0, 0.05) is 32.0 Å². The molecule has 1 aromatic carbocycles. The summed E-state index contributed by atoms with van der Waals surface area (Å²) in [5.41, 5.74) is 1.18. The molecular weight excluding hydrogens is 264 g/mol. The van der Waals surface area contributed by atoms with Gasteiger partial charge in [-0.25, -0.2) is 9.97 Å². The third kappa shape index (κ3) is 3.24. The fourth-order valence-corrected chi connectivity index (χ4v) is 2.74. The number of ether oxygens (including phenoxy) is 1. The van der Waals surface area contributed by atoms with Gasteiger partial charge in [-0.15, -0.1) is 0 Å². The van der Waals surface area contributed by atoms with Crippen LogP contribution < -0.4 is 15.0 Å². The van der Waals surface area contributed by atoms with Gasteiger partial charge in [-0.1, -0.05) is 12.1 Å². The Morgan fingerprint density at radius 2 is 2.05 bits per heavy atom. The predicted molar refractivity (Wildman–Crippen MR) is 83.8 cm³/mol. The number of anilines is 2. The lowest BCUT2D eigenvalue weighted by atomic mass is 10.1. The Bertz CT molecular complexity index is 575. The largest absolute Gasteiger partial charge is 0.495 e. The quantitative estimate of drug-likeness (QED) is 0.914. The summed E-state index contributed by atoms with van der Waals surface area (Å²) in [6.07, 6.45) is 4.67. The molecule has 1 atom stereocenters. The van der Waals surface area contributed by atoms with Crippen molar-refractivity contribution >= 4 is 11.6 Å². The van der Waals surface area contributed by atoms with Crippen LogP contribution in [0.25, 0.3) is 0 Å². The first-order chi connectivity index (χ1) is 10.4. The van der Waals surface area contributed by atoms with Gasteiger partial charge in [0.1, 0.15) is 5.75 Å². The first-order valence-electron chi connectivity index (χ1n) is 7.25. The molecule has 3 rings (SSSR count). The molecule has 0 aliphatic carbocycles. The monoisotopic (exact) mass is 284 g/mol. The Labute approximate surface area is 125 Å². The van der Waals surface area contributed by atoms with Gasteiger partial charge in [-0.2, -0.15) is 0 Å². The Hall–Kier alpha value is -2.30. The second kappa shape index (κ2) is 6.43. The molecule has 1 unspecified atom stereocenters. The van der Waals surface area contributed by atoms with Gasteiger partial charge in [0.2, 0.25) is 5.95 Å². The number of hydrogen-bond donors (Lipinski definition) is 1. The van der Waals surface area contributed by atoms with Gasteiger partial charge >= 0.3 is 0 Å². The molecule has 21 heavy (non-hydrogen) atoms. The zero-order valence-electron chi connectivity index (χ0n) is 12.2. The number of para-hydroxylation sites is 2. The van der Waals surface area contributed by atoms with Crippen LogP contribution in [0.2, 0.25) is 0 Å². The summed E-state index contributed by atoms with van der Waals surface area (Å²) < 4.78 is 5.44. The van der Waals surface area contributed by atoms with Crippen molar-refractivity contribution < 1.29 is 4.74 Å². The van der Waals surface area contributed by atoms with E-state index in [4.69, 9.17) is 4.74 Å². The van der Waals surface area contributed by atoms with Gasteiger partial charge in [0.05, 0.1) is 12.8 Å². The van der Waals surface area contributed by atoms with Crippen molar-refractivity contribution in [2.45, 2.75) is 6.42 Å². The first-order valence-corrected chi connectivity index (χ1v) is 7.25. The standard InChI is InChI=1S/C16H20N4O/c1-21-15-6-3-2-5-14(15)20-10-7-13(12-20)11-19-16-17-8-4-9-18-16/h2-6,8-9,13H,7,10-12H2,1H3,(H,17,18,19). The SMILES string of the molecule is COc1ccccc1N1CCC(CNc2ncccn2)C1. The molecule has 0 saturated carbocycles. The van der Waals surface area contributed by atoms with Gasteiger partial charge in [0.15, 0.2) is 0 Å². The van der Waals surface area contributed by atoms with Crippen LogP contribution in [0.5, 0.6) is 5.75 Å². The Morgan fingerprint density at radius 3 is 2.86 bits per heavy atom. The molecule has 1 aliphatic rings. The Balaban J connectivity index is 1.58. The van der Waals surface area contributed by atoms with E-state index in [1.807, 2.05) is 18.2 Å². The molecule has 1 fully saturated rings. The number of nitrogens with one attached hydrogen (secondary N) is 1. The second-order valence-corrected chi connectivity index (χ2v) is 5.23. The van der Waals surface area contributed by atoms with Gasteiger partial charge < -0.3 is 15.0 Å². The minimum absolute atomic E-state index is 0.596. The number of aromatic nitrogens is 2. The summed E-state index contributed by atoms with van der Waals surface area (Å²) in [5, 5.41) is 3.31. The second-order valence-electron chi connectivity index (χ2n) is 5.23. The third-order valence-corrected chi connectivity index (χ3v) is 3.83. The molecule has 0 bridgehead atoms. The molecule has 1 N–H and O–H groups in total. The molecule has 1 saturated heterocycles. The van der Waals surface area contributed by atoms with Gasteiger partial charge in [0.25, 0.3) is 0 Å². The van der Waals surface area contributed by atoms with Crippen LogP contribution >= 0.6 is 0 Å². The van der Waals surface area contributed by atoms with E-state index in [1.54, 1.807) is 19.5 Å². The first kappa shape index (κ1) is 13.7. The highest BCUT2D eigenvalue weighted by Gasteiger charge is 2.24. The highest BCUT2D eigenvalue weighted by molar-refractivity contribution is 5.59.